The maximum Gasteiger partial charge on any atom is 0.215 e. The Kier molecular flexibility index (Phi) is 11.0. The molecule has 1 unspecified atom stereocenters. The van der Waals surface area contributed by atoms with Crippen LogP contribution in [0.5, 0.6) is 0 Å². The summed E-state index contributed by atoms with van der Waals surface area (Å²) in [7, 11) is -1.55. The molecule has 0 aromatic heterocycles. The number of ether oxygens (including phenoxy) is 1. The van der Waals surface area contributed by atoms with Crippen molar-refractivity contribution in [2.75, 3.05) is 45.6 Å². The summed E-state index contributed by atoms with van der Waals surface area (Å²) in [4.78, 5) is 4.12. The normalized spacial score (nSPS) is 13.6. The van der Waals surface area contributed by atoms with E-state index >= 15 is 0 Å². The first-order valence-corrected chi connectivity index (χ1v) is 11.1. The van der Waals surface area contributed by atoms with Crippen LogP contribution in [0.3, 0.4) is 0 Å². The fraction of sp³-hybridized carbons (Fsp3) is 0.632. The van der Waals surface area contributed by atoms with Crippen LogP contribution in [0.1, 0.15) is 38.9 Å². The Morgan fingerprint density at radius 3 is 2.37 bits per heavy atom. The Morgan fingerprint density at radius 2 is 1.78 bits per heavy atom. The molecule has 1 aromatic rings. The Hall–Kier alpha value is -1.64. The van der Waals surface area contributed by atoms with Crippen molar-refractivity contribution in [3.05, 3.63) is 35.9 Å². The smallest absolute Gasteiger partial charge is 0.215 e. The minimum Gasteiger partial charge on any atom is -0.374 e. The number of rotatable bonds is 12. The van der Waals surface area contributed by atoms with Crippen LogP contribution in [0.25, 0.3) is 0 Å². The lowest BCUT2D eigenvalue weighted by molar-refractivity contribution is 0.0646. The van der Waals surface area contributed by atoms with E-state index in [9.17, 15) is 8.42 Å². The molecule has 0 heterocycles. The second kappa shape index (κ2) is 12.7. The summed E-state index contributed by atoms with van der Waals surface area (Å²) in [5.74, 6) is 0.647. The van der Waals surface area contributed by atoms with Gasteiger partial charge in [-0.25, -0.2) is 12.7 Å². The average Bonchev–Trinajstić information content (AvgIpc) is 2.67. The van der Waals surface area contributed by atoms with E-state index < -0.39 is 10.0 Å². The summed E-state index contributed by atoms with van der Waals surface area (Å²) in [6.45, 7) is 8.37. The largest absolute Gasteiger partial charge is 0.374 e. The summed E-state index contributed by atoms with van der Waals surface area (Å²) < 4.78 is 31.6. The zero-order chi connectivity index (χ0) is 20.1. The maximum atomic E-state index is 12.2. The predicted octanol–water partition coefficient (Wildman–Crippen LogP) is 1.99. The molecule has 0 spiro atoms. The molecule has 1 atom stereocenters. The number of aliphatic imine (C=N–C) groups is 1. The number of hydrogen-bond donors (Lipinski definition) is 2. The number of nitrogens with one attached hydrogen (secondary N) is 2. The van der Waals surface area contributed by atoms with E-state index in [1.165, 1.54) is 4.31 Å². The zero-order valence-electron chi connectivity index (χ0n) is 16.9. The van der Waals surface area contributed by atoms with Gasteiger partial charge < -0.3 is 15.4 Å². The molecular formula is C19H34N4O3S. The molecule has 0 aliphatic carbocycles. The standard InChI is InChI=1S/C19H34N4O3S/c1-5-23(6-2)27(24,25)16-14-22-19(20-4)21-13-10-15-26-17(3)18-11-8-7-9-12-18/h7-9,11-12,17H,5-6,10,13-16H2,1-4H3,(H2,20,21,22). The molecule has 1 aromatic carbocycles. The molecule has 0 aliphatic rings. The summed E-state index contributed by atoms with van der Waals surface area (Å²) in [5.41, 5.74) is 1.16. The van der Waals surface area contributed by atoms with Crippen LogP contribution in [0.15, 0.2) is 35.3 Å². The third-order valence-electron chi connectivity index (χ3n) is 4.23. The van der Waals surface area contributed by atoms with E-state index in [4.69, 9.17) is 4.74 Å². The minimum absolute atomic E-state index is 0.0487. The zero-order valence-corrected chi connectivity index (χ0v) is 17.8. The number of nitrogens with zero attached hydrogens (tertiary/aromatic N) is 2. The van der Waals surface area contributed by atoms with Gasteiger partial charge in [0.2, 0.25) is 10.0 Å². The molecule has 0 bridgehead atoms. The molecule has 0 amide bonds. The lowest BCUT2D eigenvalue weighted by Gasteiger charge is -2.19. The van der Waals surface area contributed by atoms with Gasteiger partial charge in [0.25, 0.3) is 0 Å². The minimum atomic E-state index is -3.22. The van der Waals surface area contributed by atoms with Crippen molar-refractivity contribution in [2.24, 2.45) is 4.99 Å². The summed E-state index contributed by atoms with van der Waals surface area (Å²) in [6, 6.07) is 10.1. The highest BCUT2D eigenvalue weighted by Crippen LogP contribution is 2.15. The van der Waals surface area contributed by atoms with Gasteiger partial charge in [0.05, 0.1) is 11.9 Å². The van der Waals surface area contributed by atoms with E-state index in [0.29, 0.717) is 38.7 Å². The molecule has 0 saturated carbocycles. The van der Waals surface area contributed by atoms with Crippen LogP contribution in [0.2, 0.25) is 0 Å². The highest BCUT2D eigenvalue weighted by molar-refractivity contribution is 7.89. The Morgan fingerprint density at radius 1 is 1.15 bits per heavy atom. The van der Waals surface area contributed by atoms with E-state index in [2.05, 4.69) is 27.8 Å². The molecule has 8 heteroatoms. The Bertz CT molecular complexity index is 646. The predicted molar refractivity (Wildman–Crippen MR) is 111 cm³/mol. The molecule has 154 valence electrons. The Labute approximate surface area is 164 Å². The monoisotopic (exact) mass is 398 g/mol. The molecule has 27 heavy (non-hydrogen) atoms. The van der Waals surface area contributed by atoms with Gasteiger partial charge in [-0.15, -0.1) is 0 Å². The van der Waals surface area contributed by atoms with Gasteiger partial charge in [-0.05, 0) is 18.9 Å². The highest BCUT2D eigenvalue weighted by Gasteiger charge is 2.18. The molecule has 1 rings (SSSR count). The van der Waals surface area contributed by atoms with Crippen molar-refractivity contribution in [3.8, 4) is 0 Å². The van der Waals surface area contributed by atoms with Crippen LogP contribution in [-0.4, -0.2) is 64.3 Å². The lowest BCUT2D eigenvalue weighted by atomic mass is 10.1. The van der Waals surface area contributed by atoms with Crippen molar-refractivity contribution in [1.82, 2.24) is 14.9 Å². The second-order valence-corrected chi connectivity index (χ2v) is 8.19. The molecule has 7 nitrogen and oxygen atoms in total. The van der Waals surface area contributed by atoms with Gasteiger partial charge in [0, 0.05) is 39.8 Å². The highest BCUT2D eigenvalue weighted by atomic mass is 32.2. The van der Waals surface area contributed by atoms with Gasteiger partial charge in [-0.3, -0.25) is 4.99 Å². The van der Waals surface area contributed by atoms with Crippen LogP contribution < -0.4 is 10.6 Å². The van der Waals surface area contributed by atoms with E-state index in [0.717, 1.165) is 12.0 Å². The van der Waals surface area contributed by atoms with Crippen LogP contribution in [0.4, 0.5) is 0 Å². The number of sulfonamides is 1. The first kappa shape index (κ1) is 23.4. The van der Waals surface area contributed by atoms with Crippen LogP contribution in [-0.2, 0) is 14.8 Å². The molecule has 0 fully saturated rings. The van der Waals surface area contributed by atoms with Crippen molar-refractivity contribution in [2.45, 2.75) is 33.3 Å². The quantitative estimate of drug-likeness (QED) is 0.320. The molecular weight excluding hydrogens is 364 g/mol. The van der Waals surface area contributed by atoms with Crippen LogP contribution >= 0.6 is 0 Å². The lowest BCUT2D eigenvalue weighted by Crippen LogP contribution is -2.42. The van der Waals surface area contributed by atoms with Crippen LogP contribution in [0, 0.1) is 0 Å². The molecule has 2 N–H and O–H groups in total. The summed E-state index contributed by atoms with van der Waals surface area (Å²) in [6.07, 6.45) is 0.893. The third-order valence-corrected chi connectivity index (χ3v) is 6.25. The SMILES string of the molecule is CCN(CC)S(=O)(=O)CCNC(=NC)NCCCOC(C)c1ccccc1. The molecule has 0 saturated heterocycles. The van der Waals surface area contributed by atoms with Gasteiger partial charge >= 0.3 is 0 Å². The average molecular weight is 399 g/mol. The fourth-order valence-corrected chi connectivity index (χ4v) is 4.03. The topological polar surface area (TPSA) is 83.0 Å². The Balaban J connectivity index is 2.23. The maximum absolute atomic E-state index is 12.2. The van der Waals surface area contributed by atoms with Gasteiger partial charge in [0.15, 0.2) is 5.96 Å². The third kappa shape index (κ3) is 8.73. The van der Waals surface area contributed by atoms with Crippen molar-refractivity contribution in [3.63, 3.8) is 0 Å². The summed E-state index contributed by atoms with van der Waals surface area (Å²) in [5, 5.41) is 6.22. The molecule has 0 radical (unpaired) electrons. The van der Waals surface area contributed by atoms with Gasteiger partial charge in [-0.1, -0.05) is 44.2 Å². The molecule has 0 aliphatic heterocycles. The number of hydrogen-bond acceptors (Lipinski definition) is 4. The van der Waals surface area contributed by atoms with E-state index in [-0.39, 0.29) is 11.9 Å². The van der Waals surface area contributed by atoms with E-state index in [1.807, 2.05) is 39.0 Å². The first-order valence-electron chi connectivity index (χ1n) is 9.53. The number of benzene rings is 1. The van der Waals surface area contributed by atoms with Crippen molar-refractivity contribution >= 4 is 16.0 Å². The first-order chi connectivity index (χ1) is 12.9. The summed E-state index contributed by atoms with van der Waals surface area (Å²) >= 11 is 0. The second-order valence-electron chi connectivity index (χ2n) is 6.10. The van der Waals surface area contributed by atoms with Crippen molar-refractivity contribution < 1.29 is 13.2 Å². The van der Waals surface area contributed by atoms with E-state index in [1.54, 1.807) is 7.05 Å². The fourth-order valence-electron chi connectivity index (χ4n) is 2.62. The van der Waals surface area contributed by atoms with Crippen molar-refractivity contribution in [1.29, 1.82) is 0 Å². The number of guanidine groups is 1. The van der Waals surface area contributed by atoms with Gasteiger partial charge in [0.1, 0.15) is 0 Å². The van der Waals surface area contributed by atoms with Gasteiger partial charge in [-0.2, -0.15) is 0 Å².